The number of para-hydroxylation sites is 1. The normalized spacial score (nSPS) is 11.9. The Morgan fingerprint density at radius 3 is 2.95 bits per heavy atom. The van der Waals surface area contributed by atoms with E-state index < -0.39 is 5.97 Å². The predicted molar refractivity (Wildman–Crippen MR) is 78.3 cm³/mol. The minimum atomic E-state index is -0.876. The van der Waals surface area contributed by atoms with Gasteiger partial charge in [0.1, 0.15) is 5.01 Å². The van der Waals surface area contributed by atoms with E-state index >= 15 is 0 Å². The molecule has 0 amide bonds. The number of carboxylic acids is 1. The molecule has 2 heterocycles. The topological polar surface area (TPSA) is 78.9 Å². The van der Waals surface area contributed by atoms with E-state index in [9.17, 15) is 4.79 Å². The van der Waals surface area contributed by atoms with Crippen LogP contribution in [0.5, 0.6) is 0 Å². The summed E-state index contributed by atoms with van der Waals surface area (Å²) < 4.78 is 1.05. The zero-order chi connectivity index (χ0) is 13.9. The van der Waals surface area contributed by atoms with Crippen LogP contribution in [0.4, 0.5) is 0 Å². The monoisotopic (exact) mass is 285 g/mol. The van der Waals surface area contributed by atoms with Gasteiger partial charge in [-0.1, -0.05) is 12.1 Å². The lowest BCUT2D eigenvalue weighted by Gasteiger charge is -1.99. The lowest BCUT2D eigenvalue weighted by Crippen LogP contribution is -1.96. The van der Waals surface area contributed by atoms with Gasteiger partial charge in [-0.3, -0.25) is 9.89 Å². The van der Waals surface area contributed by atoms with Gasteiger partial charge in [-0.05, 0) is 23.8 Å². The van der Waals surface area contributed by atoms with Gasteiger partial charge in [0.15, 0.2) is 0 Å². The Bertz CT molecular complexity index is 742. The number of nitrogens with zero attached hydrogens (tertiary/aromatic N) is 2. The summed E-state index contributed by atoms with van der Waals surface area (Å²) in [6.45, 7) is 0. The summed E-state index contributed by atoms with van der Waals surface area (Å²) in [6.07, 6.45) is 5.10. The molecular formula is C14H11N3O2S. The fourth-order valence-electron chi connectivity index (χ4n) is 1.90. The Hall–Kier alpha value is -2.47. The molecule has 0 radical (unpaired) electrons. The van der Waals surface area contributed by atoms with Crippen LogP contribution in [0.2, 0.25) is 0 Å². The average molecular weight is 285 g/mol. The highest BCUT2D eigenvalue weighted by atomic mass is 32.1. The van der Waals surface area contributed by atoms with Crippen molar-refractivity contribution in [1.29, 1.82) is 0 Å². The van der Waals surface area contributed by atoms with E-state index in [-0.39, 0.29) is 6.42 Å². The summed E-state index contributed by atoms with van der Waals surface area (Å²) in [6, 6.07) is 7.77. The molecule has 0 aliphatic carbocycles. The van der Waals surface area contributed by atoms with Gasteiger partial charge >= 0.3 is 5.97 Å². The van der Waals surface area contributed by atoms with Gasteiger partial charge in [-0.15, -0.1) is 11.3 Å². The van der Waals surface area contributed by atoms with E-state index in [0.29, 0.717) is 5.57 Å². The maximum atomic E-state index is 11.0. The lowest BCUT2D eigenvalue weighted by molar-refractivity contribution is -0.135. The largest absolute Gasteiger partial charge is 0.481 e. The molecule has 3 aromatic rings. The molecule has 2 aromatic heterocycles. The fraction of sp³-hybridized carbons (Fsp3) is 0.0714. The van der Waals surface area contributed by atoms with Crippen LogP contribution >= 0.6 is 11.3 Å². The van der Waals surface area contributed by atoms with E-state index in [1.807, 2.05) is 24.3 Å². The molecule has 0 saturated heterocycles. The number of aromatic nitrogens is 3. The Kier molecular flexibility index (Phi) is 3.30. The van der Waals surface area contributed by atoms with Crippen molar-refractivity contribution in [1.82, 2.24) is 15.2 Å². The Balaban J connectivity index is 2.06. The van der Waals surface area contributed by atoms with Crippen LogP contribution in [-0.2, 0) is 4.79 Å². The van der Waals surface area contributed by atoms with Crippen LogP contribution in [0, 0.1) is 0 Å². The zero-order valence-corrected chi connectivity index (χ0v) is 11.2. The average Bonchev–Trinajstić information content (AvgIpc) is 3.05. The molecule has 0 aliphatic rings. The third-order valence-corrected chi connectivity index (χ3v) is 3.88. The van der Waals surface area contributed by atoms with Crippen molar-refractivity contribution in [3.63, 3.8) is 0 Å². The summed E-state index contributed by atoms with van der Waals surface area (Å²) in [5.41, 5.74) is 2.40. The van der Waals surface area contributed by atoms with Crippen molar-refractivity contribution >= 4 is 39.2 Å². The molecule has 3 rings (SSSR count). The third kappa shape index (κ3) is 2.60. The summed E-state index contributed by atoms with van der Waals surface area (Å²) in [5, 5.41) is 16.4. The first kappa shape index (κ1) is 12.6. The van der Waals surface area contributed by atoms with E-state index in [0.717, 1.165) is 20.8 Å². The molecule has 0 bridgehead atoms. The molecule has 0 saturated carbocycles. The number of hydrogen-bond acceptors (Lipinski definition) is 4. The SMILES string of the molecule is O=C(O)C/C(=C/c1cn[nH]c1)c1nc2ccccc2s1. The van der Waals surface area contributed by atoms with Crippen molar-refractivity contribution in [2.75, 3.05) is 0 Å². The molecule has 1 aromatic carbocycles. The minimum Gasteiger partial charge on any atom is -0.481 e. The van der Waals surface area contributed by atoms with Crippen LogP contribution in [0.25, 0.3) is 21.9 Å². The minimum absolute atomic E-state index is 0.0645. The molecule has 2 N–H and O–H groups in total. The summed E-state index contributed by atoms with van der Waals surface area (Å²) >= 11 is 1.50. The number of thiazole rings is 1. The molecule has 0 spiro atoms. The van der Waals surface area contributed by atoms with E-state index in [2.05, 4.69) is 15.2 Å². The Labute approximate surface area is 118 Å². The van der Waals surface area contributed by atoms with Crippen LogP contribution < -0.4 is 0 Å². The molecular weight excluding hydrogens is 274 g/mol. The number of H-pyrrole nitrogens is 1. The Morgan fingerprint density at radius 1 is 1.40 bits per heavy atom. The van der Waals surface area contributed by atoms with Gasteiger partial charge < -0.3 is 5.11 Å². The van der Waals surface area contributed by atoms with E-state index in [4.69, 9.17) is 5.11 Å². The quantitative estimate of drug-likeness (QED) is 0.772. The van der Waals surface area contributed by atoms with E-state index in [1.165, 1.54) is 11.3 Å². The number of aromatic amines is 1. The highest BCUT2D eigenvalue weighted by Crippen LogP contribution is 2.29. The second-order valence-electron chi connectivity index (χ2n) is 4.26. The van der Waals surface area contributed by atoms with Crippen molar-refractivity contribution in [2.45, 2.75) is 6.42 Å². The molecule has 5 nitrogen and oxygen atoms in total. The van der Waals surface area contributed by atoms with Crippen molar-refractivity contribution in [3.05, 3.63) is 47.2 Å². The molecule has 0 fully saturated rings. The first-order valence-electron chi connectivity index (χ1n) is 5.99. The maximum Gasteiger partial charge on any atom is 0.307 e. The maximum absolute atomic E-state index is 11.0. The van der Waals surface area contributed by atoms with E-state index in [1.54, 1.807) is 18.5 Å². The lowest BCUT2D eigenvalue weighted by atomic mass is 10.1. The molecule has 0 unspecified atom stereocenters. The van der Waals surface area contributed by atoms with Crippen LogP contribution in [0.1, 0.15) is 17.0 Å². The summed E-state index contributed by atoms with van der Waals surface area (Å²) in [5.74, 6) is -0.876. The van der Waals surface area contributed by atoms with Crippen molar-refractivity contribution in [2.24, 2.45) is 0 Å². The molecule has 100 valence electrons. The van der Waals surface area contributed by atoms with Gasteiger partial charge in [-0.2, -0.15) is 5.10 Å². The first-order valence-corrected chi connectivity index (χ1v) is 6.81. The van der Waals surface area contributed by atoms with Gasteiger partial charge in [0.25, 0.3) is 0 Å². The molecule has 0 aliphatic heterocycles. The van der Waals surface area contributed by atoms with Gasteiger partial charge in [0, 0.05) is 11.8 Å². The molecule has 20 heavy (non-hydrogen) atoms. The van der Waals surface area contributed by atoms with Crippen LogP contribution in [0.15, 0.2) is 36.7 Å². The standard InChI is InChI=1S/C14H11N3O2S/c18-13(19)6-10(5-9-7-15-16-8-9)14-17-11-3-1-2-4-12(11)20-14/h1-5,7-8H,6H2,(H,15,16)(H,18,19)/b10-5-. The second kappa shape index (κ2) is 5.26. The second-order valence-corrected chi connectivity index (χ2v) is 5.29. The number of hydrogen-bond donors (Lipinski definition) is 2. The van der Waals surface area contributed by atoms with Gasteiger partial charge in [0.2, 0.25) is 0 Å². The number of rotatable bonds is 4. The number of aliphatic carboxylic acids is 1. The van der Waals surface area contributed by atoms with Gasteiger partial charge in [-0.25, -0.2) is 4.98 Å². The van der Waals surface area contributed by atoms with Crippen molar-refractivity contribution < 1.29 is 9.90 Å². The number of nitrogens with one attached hydrogen (secondary N) is 1. The van der Waals surface area contributed by atoms with Crippen molar-refractivity contribution in [3.8, 4) is 0 Å². The number of carboxylic acid groups (broad SMARTS) is 1. The number of fused-ring (bicyclic) bond motifs is 1. The highest BCUT2D eigenvalue weighted by molar-refractivity contribution is 7.19. The summed E-state index contributed by atoms with van der Waals surface area (Å²) in [4.78, 5) is 15.5. The molecule has 6 heteroatoms. The fourth-order valence-corrected chi connectivity index (χ4v) is 2.88. The zero-order valence-electron chi connectivity index (χ0n) is 10.4. The smallest absolute Gasteiger partial charge is 0.307 e. The van der Waals surface area contributed by atoms with Crippen LogP contribution in [0.3, 0.4) is 0 Å². The highest BCUT2D eigenvalue weighted by Gasteiger charge is 2.12. The first-order chi connectivity index (χ1) is 9.72. The van der Waals surface area contributed by atoms with Gasteiger partial charge in [0.05, 0.1) is 22.8 Å². The Morgan fingerprint density at radius 2 is 2.25 bits per heavy atom. The van der Waals surface area contributed by atoms with Crippen LogP contribution in [-0.4, -0.2) is 26.3 Å². The third-order valence-electron chi connectivity index (χ3n) is 2.77. The molecule has 0 atom stereocenters. The summed E-state index contributed by atoms with van der Waals surface area (Å²) in [7, 11) is 0. The number of carbonyl (C=O) groups is 1. The number of benzene rings is 1. The predicted octanol–water partition coefficient (Wildman–Crippen LogP) is 3.03.